The summed E-state index contributed by atoms with van der Waals surface area (Å²) in [5.74, 6) is -0.321. The number of esters is 1. The lowest BCUT2D eigenvalue weighted by molar-refractivity contribution is -0.118. The topological polar surface area (TPSA) is 55.7 Å². The maximum Gasteiger partial charge on any atom is 0.337 e. The Hall–Kier alpha value is -1.82. The fraction of sp³-hybridized carbons (Fsp3) is 0.375. The Morgan fingerprint density at radius 1 is 1.10 bits per heavy atom. The highest BCUT2D eigenvalue weighted by atomic mass is 35.5. The number of methoxy groups -OCH3 is 1. The number of aliphatic imine (C=N–C) groups is 1. The molecule has 0 bridgehead atoms. The smallest absolute Gasteiger partial charge is 0.337 e. The van der Waals surface area contributed by atoms with Gasteiger partial charge < -0.3 is 4.74 Å². The molecule has 2 aromatic carbocycles. The van der Waals surface area contributed by atoms with E-state index in [2.05, 4.69) is 6.92 Å². The molecule has 1 atom stereocenters. The molecule has 7 heteroatoms. The second-order valence-corrected chi connectivity index (χ2v) is 9.85. The van der Waals surface area contributed by atoms with Crippen molar-refractivity contribution in [2.75, 3.05) is 7.11 Å². The summed E-state index contributed by atoms with van der Waals surface area (Å²) < 4.78 is 4.05. The van der Waals surface area contributed by atoms with Gasteiger partial charge in [0.15, 0.2) is 0 Å². The van der Waals surface area contributed by atoms with E-state index in [1.54, 1.807) is 31.2 Å². The van der Waals surface area contributed by atoms with E-state index in [1.165, 1.54) is 18.9 Å². The van der Waals surface area contributed by atoms with Crippen LogP contribution in [0.5, 0.6) is 0 Å². The second-order valence-electron chi connectivity index (χ2n) is 7.46. The summed E-state index contributed by atoms with van der Waals surface area (Å²) >= 11 is 13.7. The largest absolute Gasteiger partial charge is 0.465 e. The lowest BCUT2D eigenvalue weighted by Crippen LogP contribution is -2.33. The molecule has 0 aromatic heterocycles. The van der Waals surface area contributed by atoms with Crippen molar-refractivity contribution in [2.45, 2.75) is 51.2 Å². The number of hydrogen-bond donors (Lipinski definition) is 0. The quantitative estimate of drug-likeness (QED) is 0.214. The molecule has 1 unspecified atom stereocenters. The van der Waals surface area contributed by atoms with Gasteiger partial charge in [-0.1, -0.05) is 60.4 Å². The zero-order valence-corrected chi connectivity index (χ0v) is 20.5. The number of thioether (sulfide) groups is 1. The van der Waals surface area contributed by atoms with E-state index in [4.69, 9.17) is 32.9 Å². The van der Waals surface area contributed by atoms with Crippen molar-refractivity contribution in [3.63, 3.8) is 0 Å². The molecule has 0 radical (unpaired) electrons. The van der Waals surface area contributed by atoms with Gasteiger partial charge in [-0.25, -0.2) is 9.79 Å². The predicted octanol–water partition coefficient (Wildman–Crippen LogP) is 7.32. The van der Waals surface area contributed by atoms with E-state index in [0.717, 1.165) is 29.9 Å². The van der Waals surface area contributed by atoms with E-state index < -0.39 is 4.75 Å². The zero-order chi connectivity index (χ0) is 23.0. The fourth-order valence-electron chi connectivity index (χ4n) is 2.91. The zero-order valence-electron chi connectivity index (χ0n) is 18.2. The van der Waals surface area contributed by atoms with Crippen molar-refractivity contribution in [1.29, 1.82) is 0 Å². The molecule has 0 saturated heterocycles. The number of nitrogens with zero attached hydrogens (tertiary/aromatic N) is 1. The van der Waals surface area contributed by atoms with Gasteiger partial charge in [0.1, 0.15) is 5.78 Å². The summed E-state index contributed by atoms with van der Waals surface area (Å²) in [4.78, 5) is 29.1. The summed E-state index contributed by atoms with van der Waals surface area (Å²) in [5.41, 5.74) is 2.15. The predicted molar refractivity (Wildman–Crippen MR) is 131 cm³/mol. The van der Waals surface area contributed by atoms with Crippen LogP contribution in [0.25, 0.3) is 0 Å². The van der Waals surface area contributed by atoms with E-state index in [0.29, 0.717) is 27.7 Å². The molecule has 0 aliphatic rings. The molecule has 2 aromatic rings. The number of rotatable bonds is 9. The van der Waals surface area contributed by atoms with Crippen molar-refractivity contribution in [3.8, 4) is 0 Å². The van der Waals surface area contributed by atoms with Crippen LogP contribution in [0.3, 0.4) is 0 Å². The van der Waals surface area contributed by atoms with Crippen LogP contribution >= 0.6 is 35.0 Å². The third kappa shape index (κ3) is 7.37. The lowest BCUT2D eigenvalue weighted by Gasteiger charge is -2.27. The van der Waals surface area contributed by atoms with Crippen LogP contribution in [0.15, 0.2) is 47.5 Å². The maximum absolute atomic E-state index is 12.7. The number of benzene rings is 2. The van der Waals surface area contributed by atoms with Crippen molar-refractivity contribution < 1.29 is 14.3 Å². The summed E-state index contributed by atoms with van der Waals surface area (Å²) in [7, 11) is 1.35. The van der Waals surface area contributed by atoms with Crippen LogP contribution in [0, 0.1) is 0 Å². The molecule has 0 heterocycles. The first-order valence-electron chi connectivity index (χ1n) is 10.1. The summed E-state index contributed by atoms with van der Waals surface area (Å²) in [6.07, 6.45) is 3.27. The van der Waals surface area contributed by atoms with Gasteiger partial charge in [-0.05, 0) is 69.0 Å². The van der Waals surface area contributed by atoms with Crippen molar-refractivity contribution in [1.82, 2.24) is 0 Å². The minimum absolute atomic E-state index is 0.0629. The molecule has 31 heavy (non-hydrogen) atoms. The van der Waals surface area contributed by atoms with Crippen LogP contribution < -0.4 is 0 Å². The Kier molecular flexibility index (Phi) is 9.60. The molecule has 0 aliphatic carbocycles. The molecule has 0 saturated carbocycles. The molecular weight excluding hydrogens is 453 g/mol. The summed E-state index contributed by atoms with van der Waals surface area (Å²) in [6.45, 7) is 5.66. The van der Waals surface area contributed by atoms with Crippen molar-refractivity contribution >= 4 is 57.4 Å². The van der Waals surface area contributed by atoms with Gasteiger partial charge in [0.25, 0.3) is 0 Å². The number of halogens is 2. The second kappa shape index (κ2) is 11.7. The number of hydrogen-bond acceptors (Lipinski definition) is 5. The van der Waals surface area contributed by atoms with Gasteiger partial charge in [-0.15, -0.1) is 0 Å². The average Bonchev–Trinajstić information content (AvgIpc) is 2.74. The third-order valence-electron chi connectivity index (χ3n) is 4.91. The Bertz CT molecular complexity index is 960. The van der Waals surface area contributed by atoms with Gasteiger partial charge in [0.2, 0.25) is 0 Å². The standard InChI is InChI=1S/C24H27Cl2NO3S/c1-5-6-7-22(27-19-12-13-20(25)21(26)14-19)31-24(3,16(2)28)15-17-8-10-18(11-9-17)23(29)30-4/h8-14H,5-7,15H2,1-4H3. The highest BCUT2D eigenvalue weighted by Gasteiger charge is 2.33. The average molecular weight is 480 g/mol. The SMILES string of the molecule is CCCCC(=Nc1ccc(Cl)c(Cl)c1)SC(C)(Cc1ccc(C(=O)OC)cc1)C(C)=O. The molecule has 0 spiro atoms. The number of ketones is 1. The minimum atomic E-state index is -0.699. The van der Waals surface area contributed by atoms with Crippen molar-refractivity contribution in [3.05, 3.63) is 63.6 Å². The van der Waals surface area contributed by atoms with E-state index in [-0.39, 0.29) is 11.8 Å². The fourth-order valence-corrected chi connectivity index (χ4v) is 4.51. The van der Waals surface area contributed by atoms with Gasteiger partial charge in [-0.2, -0.15) is 0 Å². The Balaban J connectivity index is 2.30. The van der Waals surface area contributed by atoms with E-state index >= 15 is 0 Å². The Morgan fingerprint density at radius 3 is 2.32 bits per heavy atom. The molecule has 4 nitrogen and oxygen atoms in total. The molecular formula is C24H27Cl2NO3S. The van der Waals surface area contributed by atoms with Crippen LogP contribution in [0.2, 0.25) is 10.0 Å². The molecule has 2 rings (SSSR count). The van der Waals surface area contributed by atoms with Gasteiger partial charge in [0, 0.05) is 0 Å². The first-order chi connectivity index (χ1) is 14.7. The first-order valence-corrected chi connectivity index (χ1v) is 11.7. The van der Waals surface area contributed by atoms with Gasteiger partial charge >= 0.3 is 5.97 Å². The third-order valence-corrected chi connectivity index (χ3v) is 7.06. The van der Waals surface area contributed by atoms with Gasteiger partial charge in [-0.3, -0.25) is 4.79 Å². The molecule has 0 aliphatic heterocycles. The molecule has 0 fully saturated rings. The molecule has 166 valence electrons. The molecule has 0 N–H and O–H groups in total. The van der Waals surface area contributed by atoms with E-state index in [9.17, 15) is 9.59 Å². The monoisotopic (exact) mass is 479 g/mol. The summed E-state index contributed by atoms with van der Waals surface area (Å²) in [6, 6.07) is 12.4. The molecule has 0 amide bonds. The minimum Gasteiger partial charge on any atom is -0.465 e. The van der Waals surface area contributed by atoms with Crippen LogP contribution in [-0.4, -0.2) is 28.7 Å². The maximum atomic E-state index is 12.7. The lowest BCUT2D eigenvalue weighted by atomic mass is 9.96. The van der Waals surface area contributed by atoms with Crippen LogP contribution in [0.4, 0.5) is 5.69 Å². The van der Waals surface area contributed by atoms with Crippen LogP contribution in [-0.2, 0) is 16.0 Å². The number of carbonyl (C=O) groups excluding carboxylic acids is 2. The highest BCUT2D eigenvalue weighted by molar-refractivity contribution is 8.15. The number of ether oxygens (including phenoxy) is 1. The number of unbranched alkanes of at least 4 members (excludes halogenated alkanes) is 1. The number of carbonyl (C=O) groups is 2. The Morgan fingerprint density at radius 2 is 1.77 bits per heavy atom. The van der Waals surface area contributed by atoms with Crippen molar-refractivity contribution in [2.24, 2.45) is 4.99 Å². The Labute approximate surface area is 198 Å². The number of Topliss-reactive ketones (excluding diaryl/α,β-unsaturated/α-hetero) is 1. The van der Waals surface area contributed by atoms with Gasteiger partial charge in [0.05, 0.1) is 38.2 Å². The first kappa shape index (κ1) is 25.4. The van der Waals surface area contributed by atoms with Crippen LogP contribution in [0.1, 0.15) is 56.0 Å². The van der Waals surface area contributed by atoms with E-state index in [1.807, 2.05) is 25.1 Å². The normalized spacial score (nSPS) is 13.5. The highest BCUT2D eigenvalue weighted by Crippen LogP contribution is 2.35. The summed E-state index contributed by atoms with van der Waals surface area (Å²) in [5, 5.41) is 1.80.